The van der Waals surface area contributed by atoms with E-state index in [0.29, 0.717) is 5.41 Å². The first kappa shape index (κ1) is 11.6. The molecule has 1 aromatic rings. The lowest BCUT2D eigenvalue weighted by Crippen LogP contribution is -2.25. The van der Waals surface area contributed by atoms with E-state index in [0.717, 1.165) is 19.0 Å². The minimum absolute atomic E-state index is 0.366. The van der Waals surface area contributed by atoms with Crippen molar-refractivity contribution in [2.45, 2.75) is 45.6 Å². The van der Waals surface area contributed by atoms with Crippen molar-refractivity contribution in [1.82, 2.24) is 15.1 Å². The number of hydrogen-bond acceptors (Lipinski definition) is 2. The summed E-state index contributed by atoms with van der Waals surface area (Å²) in [5, 5.41) is 7.80. The molecule has 0 unspecified atom stereocenters. The number of hydrogen-bond donors (Lipinski definition) is 1. The van der Waals surface area contributed by atoms with E-state index in [-0.39, 0.29) is 0 Å². The molecule has 0 radical (unpaired) electrons. The van der Waals surface area contributed by atoms with Crippen LogP contribution in [0.15, 0.2) is 12.4 Å². The lowest BCUT2D eigenvalue weighted by molar-refractivity contribution is 0.325. The van der Waals surface area contributed by atoms with Crippen LogP contribution in [0.5, 0.6) is 0 Å². The quantitative estimate of drug-likeness (QED) is 0.797. The lowest BCUT2D eigenvalue weighted by Gasteiger charge is -2.24. The molecule has 1 aliphatic carbocycles. The summed E-state index contributed by atoms with van der Waals surface area (Å²) in [4.78, 5) is 0. The largest absolute Gasteiger partial charge is 0.314 e. The highest BCUT2D eigenvalue weighted by atomic mass is 15.2. The van der Waals surface area contributed by atoms with Crippen LogP contribution in [-0.2, 0) is 13.5 Å². The molecular formula is C13H23N3. The Bertz CT molecular complexity index is 337. The van der Waals surface area contributed by atoms with Crippen molar-refractivity contribution >= 4 is 0 Å². The molecule has 90 valence electrons. The van der Waals surface area contributed by atoms with E-state index in [1.54, 1.807) is 0 Å². The summed E-state index contributed by atoms with van der Waals surface area (Å²) in [5.74, 6) is 0. The molecule has 0 bridgehead atoms. The van der Waals surface area contributed by atoms with E-state index in [2.05, 4.69) is 30.5 Å². The van der Waals surface area contributed by atoms with Crippen molar-refractivity contribution in [3.8, 4) is 0 Å². The SMILES string of the molecule is Cn1cc(CC(C)(C)CCNC2CC2)cn1. The van der Waals surface area contributed by atoms with Gasteiger partial charge in [0.25, 0.3) is 0 Å². The van der Waals surface area contributed by atoms with Crippen LogP contribution in [0.25, 0.3) is 0 Å². The van der Waals surface area contributed by atoms with Crippen LogP contribution in [0, 0.1) is 5.41 Å². The van der Waals surface area contributed by atoms with E-state index >= 15 is 0 Å². The van der Waals surface area contributed by atoms with Gasteiger partial charge in [-0.1, -0.05) is 13.8 Å². The zero-order valence-corrected chi connectivity index (χ0v) is 10.7. The van der Waals surface area contributed by atoms with E-state index < -0.39 is 0 Å². The van der Waals surface area contributed by atoms with E-state index in [4.69, 9.17) is 0 Å². The van der Waals surface area contributed by atoms with Crippen molar-refractivity contribution < 1.29 is 0 Å². The molecule has 3 nitrogen and oxygen atoms in total. The summed E-state index contributed by atoms with van der Waals surface area (Å²) in [6.07, 6.45) is 9.21. The molecule has 16 heavy (non-hydrogen) atoms. The summed E-state index contributed by atoms with van der Waals surface area (Å²) < 4.78 is 1.88. The average Bonchev–Trinajstić information content (AvgIpc) is 2.90. The lowest BCUT2D eigenvalue weighted by atomic mass is 9.83. The van der Waals surface area contributed by atoms with Gasteiger partial charge in [0.2, 0.25) is 0 Å². The first-order valence-corrected chi connectivity index (χ1v) is 6.26. The molecule has 0 atom stereocenters. The van der Waals surface area contributed by atoms with Crippen LogP contribution in [0.4, 0.5) is 0 Å². The van der Waals surface area contributed by atoms with E-state index in [9.17, 15) is 0 Å². The monoisotopic (exact) mass is 221 g/mol. The van der Waals surface area contributed by atoms with Crippen LogP contribution in [0.3, 0.4) is 0 Å². The third kappa shape index (κ3) is 3.63. The molecule has 1 N–H and O–H groups in total. The standard InChI is InChI=1S/C13H23N3/c1-13(2,6-7-14-12-4-5-12)8-11-9-15-16(3)10-11/h9-10,12,14H,4-8H2,1-3H3. The van der Waals surface area contributed by atoms with Crippen LogP contribution in [-0.4, -0.2) is 22.4 Å². The molecule has 0 aliphatic heterocycles. The Hall–Kier alpha value is -0.830. The van der Waals surface area contributed by atoms with Gasteiger partial charge in [0.1, 0.15) is 0 Å². The molecule has 1 fully saturated rings. The second-order valence-corrected chi connectivity index (χ2v) is 5.84. The summed E-state index contributed by atoms with van der Waals surface area (Å²) >= 11 is 0. The summed E-state index contributed by atoms with van der Waals surface area (Å²) in [5.41, 5.74) is 1.71. The third-order valence-corrected chi connectivity index (χ3v) is 3.25. The normalized spacial score (nSPS) is 16.7. The van der Waals surface area contributed by atoms with Crippen LogP contribution in [0.1, 0.15) is 38.7 Å². The van der Waals surface area contributed by atoms with Crippen LogP contribution >= 0.6 is 0 Å². The number of nitrogens with one attached hydrogen (secondary N) is 1. The maximum Gasteiger partial charge on any atom is 0.0521 e. The highest BCUT2D eigenvalue weighted by Crippen LogP contribution is 2.26. The molecule has 0 spiro atoms. The maximum absolute atomic E-state index is 4.22. The Balaban J connectivity index is 1.76. The van der Waals surface area contributed by atoms with Crippen LogP contribution < -0.4 is 5.32 Å². The molecule has 1 aliphatic rings. The summed E-state index contributed by atoms with van der Waals surface area (Å²) in [7, 11) is 1.98. The number of nitrogens with zero attached hydrogens (tertiary/aromatic N) is 2. The Morgan fingerprint density at radius 2 is 2.25 bits per heavy atom. The zero-order valence-electron chi connectivity index (χ0n) is 10.7. The fourth-order valence-corrected chi connectivity index (χ4v) is 2.11. The van der Waals surface area contributed by atoms with Gasteiger partial charge in [-0.3, -0.25) is 4.68 Å². The van der Waals surface area contributed by atoms with Crippen molar-refractivity contribution in [3.05, 3.63) is 18.0 Å². The van der Waals surface area contributed by atoms with Crippen molar-refractivity contribution in [2.24, 2.45) is 12.5 Å². The van der Waals surface area contributed by atoms with Gasteiger partial charge in [0, 0.05) is 19.3 Å². The summed E-state index contributed by atoms with van der Waals surface area (Å²) in [6.45, 7) is 5.83. The Morgan fingerprint density at radius 1 is 1.50 bits per heavy atom. The Kier molecular flexibility index (Phi) is 3.33. The minimum atomic E-state index is 0.366. The minimum Gasteiger partial charge on any atom is -0.314 e. The van der Waals surface area contributed by atoms with Crippen molar-refractivity contribution in [3.63, 3.8) is 0 Å². The fraction of sp³-hybridized carbons (Fsp3) is 0.769. The first-order chi connectivity index (χ1) is 7.55. The van der Waals surface area contributed by atoms with Gasteiger partial charge >= 0.3 is 0 Å². The molecule has 1 heterocycles. The Morgan fingerprint density at radius 3 is 2.81 bits per heavy atom. The zero-order chi connectivity index (χ0) is 11.6. The van der Waals surface area contributed by atoms with Gasteiger partial charge in [-0.25, -0.2) is 0 Å². The molecule has 3 heteroatoms. The fourth-order valence-electron chi connectivity index (χ4n) is 2.11. The predicted molar refractivity (Wildman–Crippen MR) is 66.3 cm³/mol. The molecule has 1 saturated carbocycles. The maximum atomic E-state index is 4.22. The third-order valence-electron chi connectivity index (χ3n) is 3.25. The second kappa shape index (κ2) is 4.58. The highest BCUT2D eigenvalue weighted by molar-refractivity contribution is 5.06. The van der Waals surface area contributed by atoms with Gasteiger partial charge in [0.05, 0.1) is 6.20 Å². The molecule has 0 amide bonds. The summed E-state index contributed by atoms with van der Waals surface area (Å²) in [6, 6.07) is 0.828. The topological polar surface area (TPSA) is 29.9 Å². The highest BCUT2D eigenvalue weighted by Gasteiger charge is 2.23. The first-order valence-electron chi connectivity index (χ1n) is 6.26. The van der Waals surface area contributed by atoms with Gasteiger partial charge in [-0.2, -0.15) is 5.10 Å². The molecule has 0 saturated heterocycles. The Labute approximate surface area is 98.2 Å². The van der Waals surface area contributed by atoms with Crippen LogP contribution in [0.2, 0.25) is 0 Å². The molecule has 1 aromatic heterocycles. The molecule has 2 rings (SSSR count). The molecule has 0 aromatic carbocycles. The number of aromatic nitrogens is 2. The van der Waals surface area contributed by atoms with Gasteiger partial charge < -0.3 is 5.32 Å². The smallest absolute Gasteiger partial charge is 0.0521 e. The average molecular weight is 221 g/mol. The van der Waals surface area contributed by atoms with E-state index in [1.165, 1.54) is 24.8 Å². The van der Waals surface area contributed by atoms with Gasteiger partial charge in [-0.15, -0.1) is 0 Å². The van der Waals surface area contributed by atoms with Gasteiger partial charge in [-0.05, 0) is 43.2 Å². The predicted octanol–water partition coefficient (Wildman–Crippen LogP) is 2.13. The number of rotatable bonds is 6. The van der Waals surface area contributed by atoms with Crippen molar-refractivity contribution in [1.29, 1.82) is 0 Å². The van der Waals surface area contributed by atoms with E-state index in [1.807, 2.05) is 17.9 Å². The van der Waals surface area contributed by atoms with Gasteiger partial charge in [0.15, 0.2) is 0 Å². The van der Waals surface area contributed by atoms with Crippen molar-refractivity contribution in [2.75, 3.05) is 6.54 Å². The molecular weight excluding hydrogens is 198 g/mol. The second-order valence-electron chi connectivity index (χ2n) is 5.84. The number of aryl methyl sites for hydroxylation is 1.